The van der Waals surface area contributed by atoms with E-state index in [0.29, 0.717) is 17.3 Å². The Labute approximate surface area is 146 Å². The van der Waals surface area contributed by atoms with Crippen molar-refractivity contribution in [3.63, 3.8) is 0 Å². The predicted molar refractivity (Wildman–Crippen MR) is 95.1 cm³/mol. The zero-order valence-electron chi connectivity index (χ0n) is 15.3. The minimum atomic E-state index is -0.0717. The third-order valence-electron chi connectivity index (χ3n) is 9.10. The van der Waals surface area contributed by atoms with Gasteiger partial charge in [-0.2, -0.15) is 0 Å². The van der Waals surface area contributed by atoms with Gasteiger partial charge in [-0.3, -0.25) is 4.79 Å². The summed E-state index contributed by atoms with van der Waals surface area (Å²) in [4.78, 5) is 12.3. The molecule has 4 aliphatic carbocycles. The number of ketones is 1. The summed E-state index contributed by atoms with van der Waals surface area (Å²) in [5, 5.41) is 10.1. The number of Topliss-reactive ketones (excluding diaryl/α,β-unsaturated/α-hetero) is 1. The molecule has 4 saturated carbocycles. The fraction of sp³-hybridized carbons (Fsp3) is 0.864. The normalized spacial score (nSPS) is 53.4. The highest BCUT2D eigenvalue weighted by molar-refractivity contribution is 5.97. The van der Waals surface area contributed by atoms with Crippen LogP contribution < -0.4 is 0 Å². The second-order valence-corrected chi connectivity index (χ2v) is 9.77. The summed E-state index contributed by atoms with van der Waals surface area (Å²) in [6, 6.07) is 0. The van der Waals surface area contributed by atoms with Gasteiger partial charge in [-0.05, 0) is 98.2 Å². The predicted octanol–water partition coefficient (Wildman–Crippen LogP) is 4.21. The lowest BCUT2D eigenvalue weighted by Gasteiger charge is -2.60. The lowest BCUT2D eigenvalue weighted by Crippen LogP contribution is -2.54. The number of fused-ring (bicyclic) bond motifs is 5. The number of aliphatic hydroxyl groups excluding tert-OH is 1. The largest absolute Gasteiger partial charge is 0.393 e. The van der Waals surface area contributed by atoms with E-state index >= 15 is 0 Å². The molecular weight excluding hydrogens is 296 g/mol. The molecule has 4 aliphatic rings. The third-order valence-corrected chi connectivity index (χ3v) is 9.10. The molecule has 0 saturated heterocycles. The van der Waals surface area contributed by atoms with Gasteiger partial charge in [0.25, 0.3) is 0 Å². The first-order valence-electron chi connectivity index (χ1n) is 10.1. The van der Waals surface area contributed by atoms with Crippen LogP contribution in [0, 0.1) is 52.8 Å². The Morgan fingerprint density at radius 3 is 2.46 bits per heavy atom. The molecule has 8 atom stereocenters. The summed E-state index contributed by atoms with van der Waals surface area (Å²) in [5.41, 5.74) is 0.555. The Bertz CT molecular complexity index is 575. The van der Waals surface area contributed by atoms with Gasteiger partial charge in [0.05, 0.1) is 6.10 Å². The maximum Gasteiger partial charge on any atom is 0.208 e. The van der Waals surface area contributed by atoms with E-state index < -0.39 is 0 Å². The van der Waals surface area contributed by atoms with E-state index in [1.807, 2.05) is 0 Å². The van der Waals surface area contributed by atoms with Crippen LogP contribution in [0.1, 0.15) is 71.6 Å². The molecule has 1 N–H and O–H groups in total. The third kappa shape index (κ3) is 2.16. The molecule has 0 heterocycles. The highest BCUT2D eigenvalue weighted by Gasteiger charge is 2.60. The van der Waals surface area contributed by atoms with Gasteiger partial charge < -0.3 is 5.11 Å². The van der Waals surface area contributed by atoms with E-state index in [2.05, 4.69) is 19.8 Å². The average molecular weight is 328 g/mol. The van der Waals surface area contributed by atoms with Crippen molar-refractivity contribution in [2.75, 3.05) is 0 Å². The number of aliphatic hydroxyl groups is 1. The molecule has 2 nitrogen and oxygen atoms in total. The van der Waals surface area contributed by atoms with Crippen molar-refractivity contribution < 1.29 is 9.90 Å². The summed E-state index contributed by atoms with van der Waals surface area (Å²) in [6.07, 6.45) is 15.8. The van der Waals surface area contributed by atoms with Gasteiger partial charge in [-0.25, -0.2) is 0 Å². The van der Waals surface area contributed by atoms with Crippen molar-refractivity contribution in [2.24, 2.45) is 40.4 Å². The summed E-state index contributed by atoms with van der Waals surface area (Å²) in [6.45, 7) is 4.88. The monoisotopic (exact) mass is 328 g/mol. The van der Waals surface area contributed by atoms with E-state index in [1.165, 1.54) is 38.5 Å². The summed E-state index contributed by atoms with van der Waals surface area (Å²) in [5.74, 6) is 5.54. The molecule has 24 heavy (non-hydrogen) atoms. The molecule has 0 aromatic carbocycles. The molecule has 4 fully saturated rings. The maximum atomic E-state index is 12.3. The highest BCUT2D eigenvalue weighted by Crippen LogP contribution is 2.67. The lowest BCUT2D eigenvalue weighted by molar-refractivity contribution is -0.136. The van der Waals surface area contributed by atoms with Crippen LogP contribution in [-0.2, 0) is 4.79 Å². The van der Waals surface area contributed by atoms with Crippen LogP contribution in [0.15, 0.2) is 0 Å². The van der Waals surface area contributed by atoms with Crippen LogP contribution in [0.2, 0.25) is 0 Å². The number of rotatable bonds is 1. The minimum absolute atomic E-state index is 0.0548. The molecule has 0 amide bonds. The summed E-state index contributed by atoms with van der Waals surface area (Å²) >= 11 is 0. The Morgan fingerprint density at radius 2 is 1.71 bits per heavy atom. The van der Waals surface area contributed by atoms with Crippen molar-refractivity contribution in [3.05, 3.63) is 0 Å². The number of carbonyl (C=O) groups is 1. The lowest BCUT2D eigenvalue weighted by atomic mass is 9.44. The van der Waals surface area contributed by atoms with Crippen LogP contribution in [0.5, 0.6) is 0 Å². The van der Waals surface area contributed by atoms with Crippen LogP contribution in [-0.4, -0.2) is 17.0 Å². The molecule has 0 radical (unpaired) electrons. The molecule has 0 aliphatic heterocycles. The molecule has 4 rings (SSSR count). The van der Waals surface area contributed by atoms with Crippen molar-refractivity contribution in [1.82, 2.24) is 0 Å². The van der Waals surface area contributed by atoms with Crippen molar-refractivity contribution in [1.29, 1.82) is 0 Å². The molecule has 132 valence electrons. The molecule has 0 unspecified atom stereocenters. The minimum Gasteiger partial charge on any atom is -0.393 e. The quantitative estimate of drug-likeness (QED) is 0.578. The van der Waals surface area contributed by atoms with Gasteiger partial charge in [0, 0.05) is 5.92 Å². The van der Waals surface area contributed by atoms with Gasteiger partial charge in [-0.1, -0.05) is 13.8 Å². The Balaban J connectivity index is 1.61. The second kappa shape index (κ2) is 5.60. The van der Waals surface area contributed by atoms with Crippen LogP contribution in [0.3, 0.4) is 0 Å². The van der Waals surface area contributed by atoms with Gasteiger partial charge in [0.2, 0.25) is 5.78 Å². The van der Waals surface area contributed by atoms with Gasteiger partial charge in [0.1, 0.15) is 0 Å². The van der Waals surface area contributed by atoms with Crippen molar-refractivity contribution >= 4 is 5.78 Å². The Morgan fingerprint density at radius 1 is 1.00 bits per heavy atom. The average Bonchev–Trinajstić information content (AvgIpc) is 2.92. The van der Waals surface area contributed by atoms with Crippen LogP contribution in [0.4, 0.5) is 0 Å². The zero-order valence-corrected chi connectivity index (χ0v) is 15.3. The fourth-order valence-corrected chi connectivity index (χ4v) is 7.77. The molecule has 0 bridgehead atoms. The molecule has 2 heteroatoms. The first-order valence-corrected chi connectivity index (χ1v) is 10.1. The topological polar surface area (TPSA) is 37.3 Å². The number of hydrogen-bond acceptors (Lipinski definition) is 2. The van der Waals surface area contributed by atoms with E-state index in [0.717, 1.165) is 31.1 Å². The first kappa shape index (κ1) is 16.6. The fourth-order valence-electron chi connectivity index (χ4n) is 7.77. The van der Waals surface area contributed by atoms with Crippen LogP contribution >= 0.6 is 0 Å². The SMILES string of the molecule is C#CC(=O)[C@H]1CC[C@H]2[C@@H]3CC[C@H]4C[C@H](O)CC[C@]4(C)[C@H]3CC[C@]12C. The molecular formula is C22H32O2. The standard InChI is InChI=1S/C22H32O2/c1-4-20(24)19-8-7-17-16-6-5-14-13-15(23)9-11-21(14,2)18(16)10-12-22(17,19)3/h1,14-19,23H,5-13H2,2-3H3/t14-,15+,16-,17-,18-,19+,21-,22-/m0/s1. The number of terminal acetylenes is 1. The van der Waals surface area contributed by atoms with E-state index in [-0.39, 0.29) is 23.2 Å². The zero-order chi connectivity index (χ0) is 17.1. The Hall–Kier alpha value is -0.810. The van der Waals surface area contributed by atoms with Crippen molar-refractivity contribution in [3.8, 4) is 12.3 Å². The summed E-state index contributed by atoms with van der Waals surface area (Å²) < 4.78 is 0. The molecule has 0 aromatic heterocycles. The smallest absolute Gasteiger partial charge is 0.208 e. The van der Waals surface area contributed by atoms with Gasteiger partial charge in [0.15, 0.2) is 0 Å². The molecule has 0 aromatic rings. The van der Waals surface area contributed by atoms with E-state index in [9.17, 15) is 9.90 Å². The number of hydrogen-bond donors (Lipinski definition) is 1. The maximum absolute atomic E-state index is 12.3. The van der Waals surface area contributed by atoms with E-state index in [4.69, 9.17) is 6.42 Å². The van der Waals surface area contributed by atoms with Gasteiger partial charge >= 0.3 is 0 Å². The Kier molecular flexibility index (Phi) is 3.88. The summed E-state index contributed by atoms with van der Waals surface area (Å²) in [7, 11) is 0. The number of carbonyl (C=O) groups excluding carboxylic acids is 1. The first-order chi connectivity index (χ1) is 11.4. The highest BCUT2D eigenvalue weighted by atomic mass is 16.3. The van der Waals surface area contributed by atoms with Crippen LogP contribution in [0.25, 0.3) is 0 Å². The molecule has 0 spiro atoms. The second-order valence-electron chi connectivity index (χ2n) is 9.77. The van der Waals surface area contributed by atoms with Gasteiger partial charge in [-0.15, -0.1) is 6.42 Å². The van der Waals surface area contributed by atoms with Crippen molar-refractivity contribution in [2.45, 2.75) is 77.7 Å². The van der Waals surface area contributed by atoms with E-state index in [1.54, 1.807) is 0 Å².